The smallest absolute Gasteiger partial charge is 0.269 e. The van der Waals surface area contributed by atoms with Crippen molar-refractivity contribution in [2.45, 2.75) is 42.8 Å². The summed E-state index contributed by atoms with van der Waals surface area (Å²) in [6.45, 7) is 1.72. The normalized spacial score (nSPS) is 31.7. The first-order chi connectivity index (χ1) is 12.3. The largest absolute Gasteiger partial charge is 0.488 e. The molecule has 0 aliphatic carbocycles. The number of nitro groups is 1. The molecule has 0 radical (unpaired) electrons. The van der Waals surface area contributed by atoms with Gasteiger partial charge in [-0.2, -0.15) is 0 Å². The Morgan fingerprint density at radius 2 is 1.96 bits per heavy atom. The van der Waals surface area contributed by atoms with Crippen LogP contribution in [0.1, 0.15) is 6.92 Å². The van der Waals surface area contributed by atoms with Crippen LogP contribution in [-0.2, 0) is 4.74 Å². The van der Waals surface area contributed by atoms with Crippen LogP contribution in [0.4, 0.5) is 5.69 Å². The molecule has 0 saturated carbocycles. The van der Waals surface area contributed by atoms with Gasteiger partial charge in [-0.3, -0.25) is 15.1 Å². The van der Waals surface area contributed by atoms with Gasteiger partial charge in [-0.1, -0.05) is 11.8 Å². The van der Waals surface area contributed by atoms with Crippen LogP contribution < -0.4 is 4.74 Å². The predicted molar refractivity (Wildman–Crippen MR) is 96.4 cm³/mol. The minimum atomic E-state index is -1.16. The molecule has 0 aromatic heterocycles. The zero-order valence-corrected chi connectivity index (χ0v) is 15.4. The summed E-state index contributed by atoms with van der Waals surface area (Å²) in [7, 11) is 3.70. The Morgan fingerprint density at radius 3 is 2.54 bits per heavy atom. The number of non-ortho nitro benzene ring substituents is 1. The van der Waals surface area contributed by atoms with Gasteiger partial charge in [0.25, 0.3) is 5.69 Å². The van der Waals surface area contributed by atoms with Crippen molar-refractivity contribution in [1.82, 2.24) is 4.90 Å². The zero-order valence-electron chi connectivity index (χ0n) is 14.6. The standard InChI is InChI=1S/C16H21N3O6S/c1-8(24-10-6-4-9(5-7-10)19(22)23)14-13(21)12(20)11-15(25-14)26-16(17-11)18(2)3/h4-8,11-15,20-21H,1-3H3/t8-,11-,12-,13+,14-,15-/m1/s1. The highest BCUT2D eigenvalue weighted by Gasteiger charge is 2.50. The summed E-state index contributed by atoms with van der Waals surface area (Å²) >= 11 is 1.39. The molecule has 0 bridgehead atoms. The van der Waals surface area contributed by atoms with Crippen LogP contribution in [0.15, 0.2) is 29.3 Å². The van der Waals surface area contributed by atoms with E-state index in [1.807, 2.05) is 19.0 Å². The zero-order chi connectivity index (χ0) is 19.0. The maximum Gasteiger partial charge on any atom is 0.269 e. The summed E-state index contributed by atoms with van der Waals surface area (Å²) in [5, 5.41) is 32.3. The number of thioether (sulfide) groups is 1. The van der Waals surface area contributed by atoms with Crippen LogP contribution in [0, 0.1) is 10.1 Å². The number of rotatable bonds is 4. The van der Waals surface area contributed by atoms with Gasteiger partial charge in [0.1, 0.15) is 41.6 Å². The third-order valence-electron chi connectivity index (χ3n) is 4.30. The Labute approximate surface area is 154 Å². The summed E-state index contributed by atoms with van der Waals surface area (Å²) in [6, 6.07) is 5.13. The Morgan fingerprint density at radius 1 is 1.31 bits per heavy atom. The van der Waals surface area contributed by atoms with Gasteiger partial charge in [-0.25, -0.2) is 0 Å². The molecule has 2 aliphatic heterocycles. The predicted octanol–water partition coefficient (Wildman–Crippen LogP) is 0.842. The fourth-order valence-corrected chi connectivity index (χ4v) is 4.05. The number of nitro benzene ring substituents is 1. The molecule has 2 aliphatic rings. The second-order valence-electron chi connectivity index (χ2n) is 6.44. The fourth-order valence-electron chi connectivity index (χ4n) is 2.91. The molecular formula is C16H21N3O6S. The molecule has 2 heterocycles. The molecule has 142 valence electrons. The number of benzene rings is 1. The van der Waals surface area contributed by atoms with Gasteiger partial charge >= 0.3 is 0 Å². The maximum absolute atomic E-state index is 10.7. The topological polar surface area (TPSA) is 118 Å². The number of hydrogen-bond donors (Lipinski definition) is 2. The second kappa shape index (κ2) is 7.39. The van der Waals surface area contributed by atoms with Crippen molar-refractivity contribution in [2.75, 3.05) is 14.1 Å². The minimum Gasteiger partial charge on any atom is -0.488 e. The fraction of sp³-hybridized carbons (Fsp3) is 0.562. The van der Waals surface area contributed by atoms with Crippen molar-refractivity contribution < 1.29 is 24.6 Å². The molecule has 1 aromatic rings. The van der Waals surface area contributed by atoms with Gasteiger partial charge in [0.2, 0.25) is 0 Å². The minimum absolute atomic E-state index is 0.0343. The summed E-state index contributed by atoms with van der Waals surface area (Å²) in [5.41, 5.74) is -0.438. The summed E-state index contributed by atoms with van der Waals surface area (Å²) in [4.78, 5) is 16.5. The molecule has 0 amide bonds. The van der Waals surface area contributed by atoms with E-state index in [0.717, 1.165) is 5.17 Å². The van der Waals surface area contributed by atoms with E-state index in [2.05, 4.69) is 4.99 Å². The van der Waals surface area contributed by atoms with E-state index >= 15 is 0 Å². The lowest BCUT2D eigenvalue weighted by molar-refractivity contribution is -0.384. The summed E-state index contributed by atoms with van der Waals surface area (Å²) < 4.78 is 11.7. The molecule has 1 saturated heterocycles. The van der Waals surface area contributed by atoms with E-state index in [0.29, 0.717) is 5.75 Å². The highest BCUT2D eigenvalue weighted by Crippen LogP contribution is 2.38. The van der Waals surface area contributed by atoms with Crippen molar-refractivity contribution in [1.29, 1.82) is 0 Å². The third-order valence-corrected chi connectivity index (χ3v) is 5.61. The second-order valence-corrected chi connectivity index (χ2v) is 7.50. The van der Waals surface area contributed by atoms with Gasteiger partial charge in [-0.05, 0) is 19.1 Å². The van der Waals surface area contributed by atoms with Crippen LogP contribution in [0.2, 0.25) is 0 Å². The van der Waals surface area contributed by atoms with Crippen molar-refractivity contribution in [3.8, 4) is 5.75 Å². The van der Waals surface area contributed by atoms with E-state index < -0.39 is 40.8 Å². The first kappa shape index (κ1) is 18.9. The number of aliphatic hydroxyl groups excluding tert-OH is 2. The number of aliphatic hydroxyl groups is 2. The van der Waals surface area contributed by atoms with Crippen LogP contribution in [-0.4, -0.2) is 75.2 Å². The number of fused-ring (bicyclic) bond motifs is 1. The Hall–Kier alpha value is -1.88. The first-order valence-corrected chi connectivity index (χ1v) is 9.00. The number of ether oxygens (including phenoxy) is 2. The molecule has 10 heteroatoms. The summed E-state index contributed by atoms with van der Waals surface area (Å²) in [6.07, 6.45) is -3.56. The molecule has 9 nitrogen and oxygen atoms in total. The van der Waals surface area contributed by atoms with E-state index in [1.165, 1.54) is 36.0 Å². The van der Waals surface area contributed by atoms with Crippen LogP contribution in [0.25, 0.3) is 0 Å². The van der Waals surface area contributed by atoms with Crippen molar-refractivity contribution in [2.24, 2.45) is 4.99 Å². The number of hydrogen-bond acceptors (Lipinski definition) is 9. The molecule has 1 fully saturated rings. The van der Waals surface area contributed by atoms with Crippen molar-refractivity contribution in [3.63, 3.8) is 0 Å². The Kier molecular flexibility index (Phi) is 5.37. The quantitative estimate of drug-likeness (QED) is 0.580. The SMILES string of the molecule is C[C@@H](Oc1ccc([N+](=O)[O-])cc1)[C@H]1O[C@@H]2SC(N(C)C)=N[C@@H]2[C@@H](O)[C@@H]1O. The highest BCUT2D eigenvalue weighted by molar-refractivity contribution is 8.14. The molecule has 0 spiro atoms. The van der Waals surface area contributed by atoms with Crippen molar-refractivity contribution >= 4 is 22.6 Å². The third kappa shape index (κ3) is 3.63. The molecule has 2 N–H and O–H groups in total. The summed E-state index contributed by atoms with van der Waals surface area (Å²) in [5.74, 6) is 0.416. The van der Waals surface area contributed by atoms with E-state index in [4.69, 9.17) is 9.47 Å². The molecule has 1 aromatic carbocycles. The molecular weight excluding hydrogens is 362 g/mol. The number of amidine groups is 1. The number of aliphatic imine (C=N–C) groups is 1. The van der Waals surface area contributed by atoms with Crippen molar-refractivity contribution in [3.05, 3.63) is 34.4 Å². The van der Waals surface area contributed by atoms with Gasteiger partial charge in [0, 0.05) is 26.2 Å². The molecule has 3 rings (SSSR count). The van der Waals surface area contributed by atoms with E-state index in [-0.39, 0.29) is 5.69 Å². The lowest BCUT2D eigenvalue weighted by atomic mass is 9.95. The molecule has 6 atom stereocenters. The Balaban J connectivity index is 1.68. The Bertz CT molecular complexity index is 698. The number of nitrogens with zero attached hydrogens (tertiary/aromatic N) is 3. The van der Waals surface area contributed by atoms with E-state index in [1.54, 1.807) is 6.92 Å². The average molecular weight is 383 g/mol. The van der Waals surface area contributed by atoms with Crippen LogP contribution >= 0.6 is 11.8 Å². The van der Waals surface area contributed by atoms with Gasteiger partial charge in [0.15, 0.2) is 5.17 Å². The van der Waals surface area contributed by atoms with Gasteiger partial charge in [-0.15, -0.1) is 0 Å². The van der Waals surface area contributed by atoms with Crippen LogP contribution in [0.3, 0.4) is 0 Å². The monoisotopic (exact) mass is 383 g/mol. The average Bonchev–Trinajstić information content (AvgIpc) is 3.03. The van der Waals surface area contributed by atoms with Crippen LogP contribution in [0.5, 0.6) is 5.75 Å². The first-order valence-electron chi connectivity index (χ1n) is 8.12. The van der Waals surface area contributed by atoms with Gasteiger partial charge < -0.3 is 24.6 Å². The maximum atomic E-state index is 10.7. The van der Waals surface area contributed by atoms with Gasteiger partial charge in [0.05, 0.1) is 4.92 Å². The van der Waals surface area contributed by atoms with E-state index in [9.17, 15) is 20.3 Å². The molecule has 26 heavy (non-hydrogen) atoms. The highest BCUT2D eigenvalue weighted by atomic mass is 32.2. The lowest BCUT2D eigenvalue weighted by Crippen LogP contribution is -2.58. The lowest BCUT2D eigenvalue weighted by Gasteiger charge is -2.40. The molecule has 0 unspecified atom stereocenters.